The lowest BCUT2D eigenvalue weighted by Crippen LogP contribution is -2.51. The Morgan fingerprint density at radius 2 is 1.89 bits per heavy atom. The first-order chi connectivity index (χ1) is 9.18. The third kappa shape index (κ3) is 3.15. The zero-order valence-corrected chi connectivity index (χ0v) is 12.1. The Hall–Kier alpha value is -1.36. The third-order valence-electron chi connectivity index (χ3n) is 4.18. The molecule has 1 aliphatic carbocycles. The summed E-state index contributed by atoms with van der Waals surface area (Å²) < 4.78 is 5.23. The maximum absolute atomic E-state index is 5.23. The molecule has 0 saturated heterocycles. The van der Waals surface area contributed by atoms with Gasteiger partial charge < -0.3 is 15.0 Å². The summed E-state index contributed by atoms with van der Waals surface area (Å²) in [5, 5.41) is 3.42. The maximum Gasteiger partial charge on any atom is 0.257 e. The summed E-state index contributed by atoms with van der Waals surface area (Å²) in [7, 11) is 5.96. The zero-order chi connectivity index (χ0) is 13.7. The summed E-state index contributed by atoms with van der Waals surface area (Å²) in [5.74, 6) is 1.30. The highest BCUT2D eigenvalue weighted by Crippen LogP contribution is 2.32. The van der Waals surface area contributed by atoms with Gasteiger partial charge >= 0.3 is 0 Å². The largest absolute Gasteiger partial charge is 0.478 e. The van der Waals surface area contributed by atoms with E-state index in [0.29, 0.717) is 5.88 Å². The van der Waals surface area contributed by atoms with E-state index in [0.717, 1.165) is 12.4 Å². The van der Waals surface area contributed by atoms with Gasteiger partial charge in [0.25, 0.3) is 5.88 Å². The average molecular weight is 264 g/mol. The predicted molar refractivity (Wildman–Crippen MR) is 76.6 cm³/mol. The topological polar surface area (TPSA) is 50.3 Å². The number of nitrogens with zero attached hydrogens (tertiary/aromatic N) is 3. The number of hydrogen-bond acceptors (Lipinski definition) is 5. The van der Waals surface area contributed by atoms with Crippen molar-refractivity contribution < 1.29 is 4.74 Å². The Morgan fingerprint density at radius 3 is 2.53 bits per heavy atom. The van der Waals surface area contributed by atoms with E-state index in [1.165, 1.54) is 32.1 Å². The molecule has 1 heterocycles. The summed E-state index contributed by atoms with van der Waals surface area (Å²) in [6, 6.07) is 0. The van der Waals surface area contributed by atoms with Crippen LogP contribution in [0, 0.1) is 0 Å². The highest BCUT2D eigenvalue weighted by Gasteiger charge is 2.34. The molecule has 1 N–H and O–H groups in total. The van der Waals surface area contributed by atoms with Gasteiger partial charge in [0.05, 0.1) is 7.11 Å². The molecule has 19 heavy (non-hydrogen) atoms. The van der Waals surface area contributed by atoms with E-state index in [4.69, 9.17) is 4.74 Å². The van der Waals surface area contributed by atoms with E-state index in [-0.39, 0.29) is 5.54 Å². The molecule has 1 saturated carbocycles. The normalized spacial score (nSPS) is 18.3. The predicted octanol–water partition coefficient (Wildman–Crippen LogP) is 2.16. The number of rotatable bonds is 5. The number of nitrogens with one attached hydrogen (secondary N) is 1. The molecule has 0 spiro atoms. The number of aromatic nitrogens is 2. The molecule has 2 rings (SSSR count). The highest BCUT2D eigenvalue weighted by atomic mass is 16.5. The standard InChI is InChI=1S/C14H24N4O/c1-18(2)14(7-5-4-6-8-14)11-17-12-13(19-3)16-10-9-15-12/h9-10H,4-8,11H2,1-3H3,(H,15,17). The maximum atomic E-state index is 5.23. The van der Waals surface area contributed by atoms with Crippen LogP contribution >= 0.6 is 0 Å². The molecule has 0 unspecified atom stereocenters. The van der Waals surface area contributed by atoms with Crippen molar-refractivity contribution in [3.63, 3.8) is 0 Å². The van der Waals surface area contributed by atoms with Crippen LogP contribution in [0.25, 0.3) is 0 Å². The summed E-state index contributed by atoms with van der Waals surface area (Å²) in [6.07, 6.45) is 9.75. The molecule has 1 fully saturated rings. The molecule has 0 aliphatic heterocycles. The Bertz CT molecular complexity index is 402. The summed E-state index contributed by atoms with van der Waals surface area (Å²) >= 11 is 0. The molecule has 106 valence electrons. The van der Waals surface area contributed by atoms with Gasteiger partial charge in [0.15, 0.2) is 5.82 Å². The second kappa shape index (κ2) is 6.19. The van der Waals surface area contributed by atoms with E-state index in [1.807, 2.05) is 0 Å². The molecule has 1 aliphatic rings. The monoisotopic (exact) mass is 264 g/mol. The van der Waals surface area contributed by atoms with E-state index >= 15 is 0 Å². The SMILES string of the molecule is COc1nccnc1NCC1(N(C)C)CCCCC1. The Balaban J connectivity index is 2.06. The van der Waals surface area contributed by atoms with E-state index in [9.17, 15) is 0 Å². The minimum absolute atomic E-state index is 0.223. The quantitative estimate of drug-likeness (QED) is 0.883. The molecule has 0 bridgehead atoms. The van der Waals surface area contributed by atoms with Crippen LogP contribution in [0.3, 0.4) is 0 Å². The molecule has 5 nitrogen and oxygen atoms in total. The first-order valence-corrected chi connectivity index (χ1v) is 6.94. The van der Waals surface area contributed by atoms with Crippen molar-refractivity contribution in [2.24, 2.45) is 0 Å². The van der Waals surface area contributed by atoms with E-state index in [1.54, 1.807) is 19.5 Å². The molecule has 0 radical (unpaired) electrons. The van der Waals surface area contributed by atoms with E-state index < -0.39 is 0 Å². The van der Waals surface area contributed by atoms with Crippen molar-refractivity contribution in [1.82, 2.24) is 14.9 Å². The van der Waals surface area contributed by atoms with Crippen LogP contribution in [0.15, 0.2) is 12.4 Å². The van der Waals surface area contributed by atoms with Gasteiger partial charge in [0.2, 0.25) is 0 Å². The zero-order valence-electron chi connectivity index (χ0n) is 12.1. The van der Waals surface area contributed by atoms with Crippen molar-refractivity contribution in [2.45, 2.75) is 37.6 Å². The molecule has 5 heteroatoms. The summed E-state index contributed by atoms with van der Waals surface area (Å²) in [6.45, 7) is 0.884. The number of hydrogen-bond donors (Lipinski definition) is 1. The van der Waals surface area contributed by atoms with Crippen LogP contribution in [0.1, 0.15) is 32.1 Å². The fourth-order valence-corrected chi connectivity index (χ4v) is 2.84. The Morgan fingerprint density at radius 1 is 1.21 bits per heavy atom. The lowest BCUT2D eigenvalue weighted by Gasteiger charge is -2.43. The fourth-order valence-electron chi connectivity index (χ4n) is 2.84. The van der Waals surface area contributed by atoms with Gasteiger partial charge in [-0.3, -0.25) is 0 Å². The lowest BCUT2D eigenvalue weighted by molar-refractivity contribution is 0.113. The van der Waals surface area contributed by atoms with Gasteiger partial charge in [-0.05, 0) is 26.9 Å². The van der Waals surface area contributed by atoms with Gasteiger partial charge in [-0.2, -0.15) is 0 Å². The molecule has 0 aromatic carbocycles. The molecule has 1 aromatic rings. The number of ether oxygens (including phenoxy) is 1. The Kier molecular flexibility index (Phi) is 4.58. The minimum atomic E-state index is 0.223. The second-order valence-corrected chi connectivity index (χ2v) is 5.45. The minimum Gasteiger partial charge on any atom is -0.478 e. The first kappa shape index (κ1) is 14.1. The van der Waals surface area contributed by atoms with Gasteiger partial charge in [-0.25, -0.2) is 9.97 Å². The second-order valence-electron chi connectivity index (χ2n) is 5.45. The van der Waals surface area contributed by atoms with Crippen molar-refractivity contribution in [2.75, 3.05) is 33.1 Å². The van der Waals surface area contributed by atoms with Crippen LogP contribution in [0.2, 0.25) is 0 Å². The van der Waals surface area contributed by atoms with Crippen molar-refractivity contribution >= 4 is 5.82 Å². The van der Waals surface area contributed by atoms with Crippen molar-refractivity contribution in [1.29, 1.82) is 0 Å². The van der Waals surface area contributed by atoms with Crippen molar-refractivity contribution in [3.8, 4) is 5.88 Å². The van der Waals surface area contributed by atoms with Crippen LogP contribution in [-0.4, -0.2) is 48.2 Å². The van der Waals surface area contributed by atoms with Crippen LogP contribution < -0.4 is 10.1 Å². The van der Waals surface area contributed by atoms with Crippen molar-refractivity contribution in [3.05, 3.63) is 12.4 Å². The lowest BCUT2D eigenvalue weighted by atomic mass is 9.80. The number of methoxy groups -OCH3 is 1. The molecule has 1 aromatic heterocycles. The summed E-state index contributed by atoms with van der Waals surface area (Å²) in [5.41, 5.74) is 0.223. The third-order valence-corrected chi connectivity index (χ3v) is 4.18. The van der Waals surface area contributed by atoms with Crippen LogP contribution in [-0.2, 0) is 0 Å². The molecule has 0 amide bonds. The first-order valence-electron chi connectivity index (χ1n) is 6.94. The molecule has 0 atom stereocenters. The smallest absolute Gasteiger partial charge is 0.257 e. The van der Waals surface area contributed by atoms with Crippen LogP contribution in [0.5, 0.6) is 5.88 Å². The van der Waals surface area contributed by atoms with Crippen LogP contribution in [0.4, 0.5) is 5.82 Å². The van der Waals surface area contributed by atoms with Gasteiger partial charge in [-0.15, -0.1) is 0 Å². The highest BCUT2D eigenvalue weighted by molar-refractivity contribution is 5.44. The van der Waals surface area contributed by atoms with Gasteiger partial charge in [0, 0.05) is 24.5 Å². The van der Waals surface area contributed by atoms with Gasteiger partial charge in [0.1, 0.15) is 0 Å². The fraction of sp³-hybridized carbons (Fsp3) is 0.714. The average Bonchev–Trinajstić information content (AvgIpc) is 2.46. The van der Waals surface area contributed by atoms with Gasteiger partial charge in [-0.1, -0.05) is 19.3 Å². The Labute approximate surface area is 115 Å². The number of anilines is 1. The summed E-state index contributed by atoms with van der Waals surface area (Å²) in [4.78, 5) is 10.8. The molecular formula is C14H24N4O. The molecular weight excluding hydrogens is 240 g/mol. The number of likely N-dealkylation sites (N-methyl/N-ethyl adjacent to an activating group) is 1. The van der Waals surface area contributed by atoms with E-state index in [2.05, 4.69) is 34.3 Å².